The van der Waals surface area contributed by atoms with E-state index in [1.165, 1.54) is 16.4 Å². The van der Waals surface area contributed by atoms with Crippen molar-refractivity contribution in [2.24, 2.45) is 0 Å². The van der Waals surface area contributed by atoms with Crippen molar-refractivity contribution in [1.82, 2.24) is 14.6 Å². The Bertz CT molecular complexity index is 1240. The highest BCUT2D eigenvalue weighted by atomic mass is 32.2. The maximum absolute atomic E-state index is 13.2. The van der Waals surface area contributed by atoms with E-state index in [1.54, 1.807) is 6.20 Å². The van der Waals surface area contributed by atoms with Gasteiger partial charge in [0, 0.05) is 19.3 Å². The van der Waals surface area contributed by atoms with Crippen LogP contribution in [-0.2, 0) is 21.4 Å². The molecule has 1 aliphatic heterocycles. The van der Waals surface area contributed by atoms with Gasteiger partial charge in [0.25, 0.3) is 0 Å². The Morgan fingerprint density at radius 3 is 2.71 bits per heavy atom. The molecule has 1 amide bonds. The summed E-state index contributed by atoms with van der Waals surface area (Å²) in [5.74, 6) is -0.238. The number of hydrogen-bond donors (Lipinski definition) is 1. The zero-order valence-corrected chi connectivity index (χ0v) is 19.5. The predicted octanol–water partition coefficient (Wildman–Crippen LogP) is 3.83. The molecule has 0 spiro atoms. The summed E-state index contributed by atoms with van der Waals surface area (Å²) in [6.45, 7) is 2.38. The Morgan fingerprint density at radius 2 is 1.97 bits per heavy atom. The Hall–Kier alpha value is -3.30. The smallest absolute Gasteiger partial charge is 0.243 e. The lowest BCUT2D eigenvalue weighted by atomic mass is 10.2. The first-order valence-corrected chi connectivity index (χ1v) is 12.5. The number of carbonyl (C=O) groups is 1. The number of aromatic nitrogens is 1. The number of benzene rings is 2. The average molecular weight is 484 g/mol. The van der Waals surface area contributed by atoms with Crippen LogP contribution in [0.15, 0.2) is 77.8 Å². The van der Waals surface area contributed by atoms with Gasteiger partial charge in [-0.3, -0.25) is 9.78 Å². The molecule has 1 aliphatic rings. The Balaban J connectivity index is 1.39. The van der Waals surface area contributed by atoms with E-state index in [-0.39, 0.29) is 30.0 Å². The van der Waals surface area contributed by atoms with E-state index in [9.17, 15) is 17.6 Å². The number of hydrogen-bond acceptors (Lipinski definition) is 5. The summed E-state index contributed by atoms with van der Waals surface area (Å²) in [4.78, 5) is 17.2. The van der Waals surface area contributed by atoms with Gasteiger partial charge < -0.3 is 10.1 Å². The predicted molar refractivity (Wildman–Crippen MR) is 125 cm³/mol. The van der Waals surface area contributed by atoms with Crippen LogP contribution in [0.2, 0.25) is 0 Å². The third-order valence-corrected chi connectivity index (χ3v) is 7.63. The minimum absolute atomic E-state index is 0.0273. The van der Waals surface area contributed by atoms with Gasteiger partial charge in [0.2, 0.25) is 15.9 Å². The molecule has 2 atom stereocenters. The highest BCUT2D eigenvalue weighted by molar-refractivity contribution is 7.89. The monoisotopic (exact) mass is 483 g/mol. The second-order valence-electron chi connectivity index (χ2n) is 8.11. The molecule has 1 N–H and O–H groups in total. The Kier molecular flexibility index (Phi) is 7.23. The SMILES string of the molecule is C[C@@H](Oc1cccc(CNC(=O)[C@@H]2CCCN2S(=O)(=O)c2ccc(F)cc2)c1)c1ccccn1. The number of carbonyl (C=O) groups excluding carboxylic acids is 1. The standard InChI is InChI=1S/C25H26FN3O4S/c1-18(23-8-2-3-14-27-23)33-21-7-4-6-19(16-21)17-28-25(30)24-9-5-15-29(24)34(31,32)22-12-10-20(26)11-13-22/h2-4,6-8,10-14,16,18,24H,5,9,15,17H2,1H3,(H,28,30)/t18-,24+/m1/s1. The van der Waals surface area contributed by atoms with Gasteiger partial charge in [0.15, 0.2) is 0 Å². The second kappa shape index (κ2) is 10.3. The van der Waals surface area contributed by atoms with Gasteiger partial charge in [-0.25, -0.2) is 12.8 Å². The first-order valence-electron chi connectivity index (χ1n) is 11.1. The number of rotatable bonds is 8. The van der Waals surface area contributed by atoms with Crippen molar-refractivity contribution in [2.75, 3.05) is 6.54 Å². The molecule has 0 bridgehead atoms. The summed E-state index contributed by atoms with van der Waals surface area (Å²) in [7, 11) is -3.90. The van der Waals surface area contributed by atoms with Gasteiger partial charge >= 0.3 is 0 Å². The van der Waals surface area contributed by atoms with Gasteiger partial charge in [-0.1, -0.05) is 18.2 Å². The molecule has 7 nitrogen and oxygen atoms in total. The lowest BCUT2D eigenvalue weighted by Gasteiger charge is -2.23. The van der Waals surface area contributed by atoms with Crippen LogP contribution in [0.3, 0.4) is 0 Å². The van der Waals surface area contributed by atoms with Crippen LogP contribution in [0.5, 0.6) is 5.75 Å². The summed E-state index contributed by atoms with van der Waals surface area (Å²) in [6, 6.07) is 16.8. The van der Waals surface area contributed by atoms with Gasteiger partial charge in [0.1, 0.15) is 23.7 Å². The molecule has 0 unspecified atom stereocenters. The van der Waals surface area contributed by atoms with Crippen molar-refractivity contribution in [3.05, 3.63) is 90.0 Å². The lowest BCUT2D eigenvalue weighted by molar-refractivity contribution is -0.124. The zero-order valence-electron chi connectivity index (χ0n) is 18.7. The molecule has 2 aromatic carbocycles. The number of pyridine rings is 1. The van der Waals surface area contributed by atoms with Gasteiger partial charge in [-0.05, 0) is 73.9 Å². The van der Waals surface area contributed by atoms with Crippen molar-refractivity contribution < 1.29 is 22.3 Å². The van der Waals surface area contributed by atoms with Crippen LogP contribution < -0.4 is 10.1 Å². The molecule has 2 heterocycles. The summed E-state index contributed by atoms with van der Waals surface area (Å²) >= 11 is 0. The van der Waals surface area contributed by atoms with E-state index in [4.69, 9.17) is 4.74 Å². The molecule has 1 fully saturated rings. The van der Waals surface area contributed by atoms with E-state index in [1.807, 2.05) is 49.4 Å². The maximum atomic E-state index is 13.2. The van der Waals surface area contributed by atoms with E-state index < -0.39 is 21.9 Å². The molecule has 178 valence electrons. The first-order chi connectivity index (χ1) is 16.3. The van der Waals surface area contributed by atoms with E-state index in [2.05, 4.69) is 10.3 Å². The molecule has 34 heavy (non-hydrogen) atoms. The van der Waals surface area contributed by atoms with Crippen molar-refractivity contribution >= 4 is 15.9 Å². The summed E-state index contributed by atoms with van der Waals surface area (Å²) in [5, 5.41) is 2.84. The number of nitrogens with one attached hydrogen (secondary N) is 1. The third kappa shape index (κ3) is 5.43. The van der Waals surface area contributed by atoms with Crippen molar-refractivity contribution in [3.8, 4) is 5.75 Å². The lowest BCUT2D eigenvalue weighted by Crippen LogP contribution is -2.45. The van der Waals surface area contributed by atoms with E-state index in [0.717, 1.165) is 23.4 Å². The van der Waals surface area contributed by atoms with Gasteiger partial charge in [0.05, 0.1) is 10.6 Å². The van der Waals surface area contributed by atoms with E-state index >= 15 is 0 Å². The molecule has 1 aromatic heterocycles. The molecule has 1 saturated heterocycles. The molecule has 3 aromatic rings. The largest absolute Gasteiger partial charge is 0.484 e. The normalized spacial score (nSPS) is 17.3. The molecule has 9 heteroatoms. The average Bonchev–Trinajstić information content (AvgIpc) is 3.35. The third-order valence-electron chi connectivity index (χ3n) is 5.71. The van der Waals surface area contributed by atoms with Gasteiger partial charge in [-0.2, -0.15) is 4.31 Å². The van der Waals surface area contributed by atoms with Crippen molar-refractivity contribution in [2.45, 2.75) is 43.4 Å². The minimum Gasteiger partial charge on any atom is -0.484 e. The molecular weight excluding hydrogens is 457 g/mol. The highest BCUT2D eigenvalue weighted by Gasteiger charge is 2.39. The van der Waals surface area contributed by atoms with Gasteiger partial charge in [-0.15, -0.1) is 0 Å². The summed E-state index contributed by atoms with van der Waals surface area (Å²) in [5.41, 5.74) is 1.63. The number of ether oxygens (including phenoxy) is 1. The molecule has 0 radical (unpaired) electrons. The molecule has 0 aliphatic carbocycles. The molecule has 4 rings (SSSR count). The van der Waals surface area contributed by atoms with Crippen LogP contribution in [0.4, 0.5) is 4.39 Å². The Labute approximate surface area is 198 Å². The number of sulfonamides is 1. The summed E-state index contributed by atoms with van der Waals surface area (Å²) in [6.07, 6.45) is 2.48. The quantitative estimate of drug-likeness (QED) is 0.526. The fraction of sp³-hybridized carbons (Fsp3) is 0.280. The van der Waals surface area contributed by atoms with Crippen LogP contribution >= 0.6 is 0 Å². The fourth-order valence-electron chi connectivity index (χ4n) is 3.95. The number of nitrogens with zero attached hydrogens (tertiary/aromatic N) is 2. The Morgan fingerprint density at radius 1 is 1.18 bits per heavy atom. The fourth-order valence-corrected chi connectivity index (χ4v) is 5.60. The molecule has 0 saturated carbocycles. The number of amides is 1. The van der Waals surface area contributed by atoms with Crippen LogP contribution in [0.1, 0.15) is 37.1 Å². The second-order valence-corrected chi connectivity index (χ2v) is 10.00. The van der Waals surface area contributed by atoms with E-state index in [0.29, 0.717) is 18.6 Å². The van der Waals surface area contributed by atoms with Crippen molar-refractivity contribution in [3.63, 3.8) is 0 Å². The van der Waals surface area contributed by atoms with Crippen LogP contribution in [0, 0.1) is 5.82 Å². The zero-order chi connectivity index (χ0) is 24.1. The van der Waals surface area contributed by atoms with Crippen LogP contribution in [0.25, 0.3) is 0 Å². The topological polar surface area (TPSA) is 88.6 Å². The first kappa shape index (κ1) is 23.8. The molecular formula is C25H26FN3O4S. The summed E-state index contributed by atoms with van der Waals surface area (Å²) < 4.78 is 46.4. The highest BCUT2D eigenvalue weighted by Crippen LogP contribution is 2.27. The maximum Gasteiger partial charge on any atom is 0.243 e. The minimum atomic E-state index is -3.90. The van der Waals surface area contributed by atoms with Crippen molar-refractivity contribution in [1.29, 1.82) is 0 Å². The number of halogens is 1. The van der Waals surface area contributed by atoms with Crippen LogP contribution in [-0.4, -0.2) is 36.2 Å².